The molecular formula is C36H42F2N2. The van der Waals surface area contributed by atoms with E-state index < -0.39 is 11.6 Å². The Morgan fingerprint density at radius 2 is 0.975 bits per heavy atom. The molecule has 0 aliphatic carbocycles. The Hall–Kier alpha value is -3.66. The number of para-hydroxylation sites is 2. The summed E-state index contributed by atoms with van der Waals surface area (Å²) in [6.07, 6.45) is 0. The van der Waals surface area contributed by atoms with Gasteiger partial charge in [-0.3, -0.25) is 0 Å². The summed E-state index contributed by atoms with van der Waals surface area (Å²) in [5, 5.41) is 3.57. The lowest BCUT2D eigenvalue weighted by atomic mass is 9.77. The van der Waals surface area contributed by atoms with Gasteiger partial charge >= 0.3 is 0 Å². The van der Waals surface area contributed by atoms with Gasteiger partial charge in [0.25, 0.3) is 0 Å². The van der Waals surface area contributed by atoms with Gasteiger partial charge in [0.15, 0.2) is 0 Å². The Morgan fingerprint density at radius 3 is 1.43 bits per heavy atom. The maximum absolute atomic E-state index is 14.6. The van der Waals surface area contributed by atoms with Crippen LogP contribution < -0.4 is 11.1 Å². The van der Waals surface area contributed by atoms with Gasteiger partial charge in [-0.2, -0.15) is 0 Å². The van der Waals surface area contributed by atoms with Crippen LogP contribution in [0.15, 0.2) is 72.8 Å². The van der Waals surface area contributed by atoms with Crippen LogP contribution in [0.5, 0.6) is 0 Å². The van der Waals surface area contributed by atoms with Gasteiger partial charge in [-0.25, -0.2) is 8.78 Å². The molecule has 4 heteroatoms. The topological polar surface area (TPSA) is 38.0 Å². The molecule has 0 fully saturated rings. The third-order valence-corrected chi connectivity index (χ3v) is 7.37. The summed E-state index contributed by atoms with van der Waals surface area (Å²) in [7, 11) is 0. The summed E-state index contributed by atoms with van der Waals surface area (Å²) >= 11 is 0. The van der Waals surface area contributed by atoms with E-state index in [9.17, 15) is 8.78 Å². The van der Waals surface area contributed by atoms with Crippen molar-refractivity contribution < 1.29 is 8.78 Å². The molecule has 2 nitrogen and oxygen atoms in total. The van der Waals surface area contributed by atoms with Crippen molar-refractivity contribution in [3.63, 3.8) is 0 Å². The molecule has 0 unspecified atom stereocenters. The normalized spacial score (nSPS) is 12.5. The highest BCUT2D eigenvalue weighted by Gasteiger charge is 2.25. The molecule has 0 saturated carbocycles. The van der Waals surface area contributed by atoms with Crippen LogP contribution in [-0.2, 0) is 16.2 Å². The standard InChI is InChI=1S/C36H42F2N2/c1-34(2,3)24-14-22(15-25(18-24)35(4,5)6)29-19-26(36(7,8)9)20-30(23-16-27(37)21-28(38)17-23)33(29)40-32-13-11-10-12-31(32)39/h10-21,40H,39H2,1-9H3. The maximum atomic E-state index is 14.6. The smallest absolute Gasteiger partial charge is 0.126 e. The number of nitrogens with two attached hydrogens (primary N) is 1. The van der Waals surface area contributed by atoms with Gasteiger partial charge in [-0.1, -0.05) is 92.6 Å². The van der Waals surface area contributed by atoms with Crippen LogP contribution in [-0.4, -0.2) is 0 Å². The van der Waals surface area contributed by atoms with Crippen LogP contribution in [0.25, 0.3) is 22.3 Å². The molecule has 0 spiro atoms. The molecule has 0 saturated heterocycles. The van der Waals surface area contributed by atoms with Gasteiger partial charge in [0.05, 0.1) is 17.1 Å². The summed E-state index contributed by atoms with van der Waals surface area (Å²) in [4.78, 5) is 0. The van der Waals surface area contributed by atoms with Crippen molar-refractivity contribution in [1.82, 2.24) is 0 Å². The Kier molecular flexibility index (Phi) is 7.62. The highest BCUT2D eigenvalue weighted by Crippen LogP contribution is 2.45. The molecule has 4 rings (SSSR count). The molecule has 0 heterocycles. The van der Waals surface area contributed by atoms with Gasteiger partial charge in [-0.05, 0) is 80.5 Å². The average Bonchev–Trinajstić information content (AvgIpc) is 2.82. The van der Waals surface area contributed by atoms with Gasteiger partial charge in [0.2, 0.25) is 0 Å². The number of hydrogen-bond donors (Lipinski definition) is 2. The quantitative estimate of drug-likeness (QED) is 0.253. The number of halogens is 2. The van der Waals surface area contributed by atoms with Gasteiger partial charge in [0.1, 0.15) is 11.6 Å². The first-order valence-electron chi connectivity index (χ1n) is 13.9. The summed E-state index contributed by atoms with van der Waals surface area (Å²) in [5.41, 5.74) is 14.7. The summed E-state index contributed by atoms with van der Waals surface area (Å²) in [6.45, 7) is 19.8. The van der Waals surface area contributed by atoms with Crippen molar-refractivity contribution in [3.05, 3.63) is 101 Å². The zero-order valence-electron chi connectivity index (χ0n) is 25.3. The molecule has 4 aromatic rings. The van der Waals surface area contributed by atoms with Crippen molar-refractivity contribution in [3.8, 4) is 22.3 Å². The zero-order chi connectivity index (χ0) is 29.6. The van der Waals surface area contributed by atoms with Gasteiger partial charge < -0.3 is 11.1 Å². The lowest BCUT2D eigenvalue weighted by Crippen LogP contribution is -2.17. The van der Waals surface area contributed by atoms with E-state index in [0.29, 0.717) is 16.8 Å². The first-order chi connectivity index (χ1) is 18.4. The molecule has 210 valence electrons. The largest absolute Gasteiger partial charge is 0.397 e. The Bertz CT molecular complexity index is 1490. The monoisotopic (exact) mass is 540 g/mol. The fourth-order valence-corrected chi connectivity index (χ4v) is 4.77. The van der Waals surface area contributed by atoms with Gasteiger partial charge in [-0.15, -0.1) is 0 Å². The molecule has 0 bridgehead atoms. The van der Waals surface area contributed by atoms with Crippen LogP contribution in [0.1, 0.15) is 79.0 Å². The molecule has 0 atom stereocenters. The fourth-order valence-electron chi connectivity index (χ4n) is 4.77. The molecular weight excluding hydrogens is 498 g/mol. The Labute approximate surface area is 238 Å². The predicted octanol–water partition coefficient (Wildman–Crippen LogP) is 10.5. The molecule has 4 aromatic carbocycles. The SMILES string of the molecule is CC(C)(C)c1cc(-c2cc(C(C)(C)C)cc(-c3cc(F)cc(F)c3)c2Nc2ccccc2N)cc(C(C)(C)C)c1. The van der Waals surface area contributed by atoms with E-state index >= 15 is 0 Å². The molecule has 0 amide bonds. The number of nitrogen functional groups attached to an aromatic ring is 1. The van der Waals surface area contributed by atoms with Crippen molar-refractivity contribution in [1.29, 1.82) is 0 Å². The molecule has 0 aliphatic rings. The average molecular weight is 541 g/mol. The zero-order valence-corrected chi connectivity index (χ0v) is 25.3. The van der Waals surface area contributed by atoms with E-state index in [4.69, 9.17) is 5.73 Å². The van der Waals surface area contributed by atoms with Crippen LogP contribution in [0.4, 0.5) is 25.8 Å². The molecule has 40 heavy (non-hydrogen) atoms. The highest BCUT2D eigenvalue weighted by molar-refractivity contribution is 5.95. The van der Waals surface area contributed by atoms with E-state index in [-0.39, 0.29) is 16.2 Å². The third kappa shape index (κ3) is 6.38. The summed E-state index contributed by atoms with van der Waals surface area (Å²) in [6, 6.07) is 22.3. The van der Waals surface area contributed by atoms with E-state index in [2.05, 4.69) is 91.9 Å². The van der Waals surface area contributed by atoms with E-state index in [1.165, 1.54) is 23.3 Å². The number of nitrogens with one attached hydrogen (secondary N) is 1. The molecule has 0 aliphatic heterocycles. The predicted molar refractivity (Wildman–Crippen MR) is 167 cm³/mol. The van der Waals surface area contributed by atoms with Crippen molar-refractivity contribution >= 4 is 17.1 Å². The number of hydrogen-bond acceptors (Lipinski definition) is 2. The summed E-state index contributed by atoms with van der Waals surface area (Å²) < 4.78 is 29.2. The molecule has 0 radical (unpaired) electrons. The van der Waals surface area contributed by atoms with Crippen molar-refractivity contribution in [2.45, 2.75) is 78.6 Å². The van der Waals surface area contributed by atoms with Crippen LogP contribution >= 0.6 is 0 Å². The minimum absolute atomic E-state index is 0.0797. The Balaban J connectivity index is 2.16. The Morgan fingerprint density at radius 1 is 0.550 bits per heavy atom. The van der Waals surface area contributed by atoms with Crippen molar-refractivity contribution in [2.24, 2.45) is 0 Å². The maximum Gasteiger partial charge on any atom is 0.126 e. The van der Waals surface area contributed by atoms with E-state index in [1.807, 2.05) is 30.3 Å². The second kappa shape index (κ2) is 10.4. The highest BCUT2D eigenvalue weighted by atomic mass is 19.1. The fraction of sp³-hybridized carbons (Fsp3) is 0.333. The first kappa shape index (κ1) is 29.3. The van der Waals surface area contributed by atoms with Crippen LogP contribution in [0.2, 0.25) is 0 Å². The summed E-state index contributed by atoms with van der Waals surface area (Å²) in [5.74, 6) is -1.24. The second-order valence-corrected chi connectivity index (χ2v) is 13.9. The third-order valence-electron chi connectivity index (χ3n) is 7.37. The number of rotatable bonds is 4. The first-order valence-corrected chi connectivity index (χ1v) is 13.9. The minimum atomic E-state index is -0.618. The van der Waals surface area contributed by atoms with Crippen molar-refractivity contribution in [2.75, 3.05) is 11.1 Å². The second-order valence-electron chi connectivity index (χ2n) is 13.9. The number of anilines is 3. The molecule has 3 N–H and O–H groups in total. The van der Waals surface area contributed by atoms with Crippen LogP contribution in [0, 0.1) is 11.6 Å². The van der Waals surface area contributed by atoms with Crippen LogP contribution in [0.3, 0.4) is 0 Å². The van der Waals surface area contributed by atoms with E-state index in [1.54, 1.807) is 0 Å². The van der Waals surface area contributed by atoms with E-state index in [0.717, 1.165) is 34.1 Å². The lowest BCUT2D eigenvalue weighted by Gasteiger charge is -2.29. The van der Waals surface area contributed by atoms with Gasteiger partial charge in [0, 0.05) is 17.2 Å². The number of benzene rings is 4. The lowest BCUT2D eigenvalue weighted by molar-refractivity contribution is 0.569. The molecule has 0 aromatic heterocycles. The minimum Gasteiger partial charge on any atom is -0.397 e.